The molecule has 18 heteroatoms. The lowest BCUT2D eigenvalue weighted by Gasteiger charge is -2.49. The summed E-state index contributed by atoms with van der Waals surface area (Å²) in [7, 11) is 0. The zero-order chi connectivity index (χ0) is 28.1. The number of aromatic nitrogens is 1. The van der Waals surface area contributed by atoms with Gasteiger partial charge in [0.2, 0.25) is 6.29 Å². The molecule has 3 atom stereocenters. The van der Waals surface area contributed by atoms with Crippen molar-refractivity contribution in [2.24, 2.45) is 10.9 Å². The number of nitrogens with two attached hydrogens (primary N) is 2. The summed E-state index contributed by atoms with van der Waals surface area (Å²) in [6, 6.07) is -1.11. The van der Waals surface area contributed by atoms with Gasteiger partial charge >= 0.3 is 18.2 Å². The number of rotatable bonds is 9. The molecule has 2 unspecified atom stereocenters. The van der Waals surface area contributed by atoms with Gasteiger partial charge in [-0.15, -0.1) is 23.1 Å². The second-order valence-electron chi connectivity index (χ2n) is 7.95. The van der Waals surface area contributed by atoms with Crippen molar-refractivity contribution in [2.75, 3.05) is 18.1 Å². The number of ether oxygens (including phenoxy) is 4. The topological polar surface area (TPSA) is 235 Å². The van der Waals surface area contributed by atoms with Crippen molar-refractivity contribution in [1.29, 1.82) is 0 Å². The van der Waals surface area contributed by atoms with E-state index in [1.165, 1.54) is 12.3 Å². The molecule has 0 radical (unpaired) electrons. The number of nitrogens with one attached hydrogen (secondary N) is 1. The van der Waals surface area contributed by atoms with Crippen LogP contribution in [0.4, 0.5) is 14.7 Å². The minimum atomic E-state index is -1.40. The molecule has 1 saturated heterocycles. The summed E-state index contributed by atoms with van der Waals surface area (Å²) in [6.07, 6.45) is -4.05. The Morgan fingerprint density at radius 3 is 2.55 bits per heavy atom. The van der Waals surface area contributed by atoms with E-state index < -0.39 is 66.2 Å². The van der Waals surface area contributed by atoms with Gasteiger partial charge in [0.15, 0.2) is 10.8 Å². The smallest absolute Gasteiger partial charge is 0.445 e. The van der Waals surface area contributed by atoms with Crippen LogP contribution in [0.5, 0.6) is 0 Å². The molecule has 0 bridgehead atoms. The molecule has 3 amide bonds. The van der Waals surface area contributed by atoms with Crippen molar-refractivity contribution in [3.8, 4) is 0 Å². The zero-order valence-electron chi connectivity index (χ0n) is 20.2. The molecule has 2 aliphatic heterocycles. The third-order valence-electron chi connectivity index (χ3n) is 4.86. The fourth-order valence-corrected chi connectivity index (χ4v) is 5.22. The second kappa shape index (κ2) is 12.0. The number of nitrogen functional groups attached to an aromatic ring is 1. The van der Waals surface area contributed by atoms with Gasteiger partial charge in [0.25, 0.3) is 11.8 Å². The standard InChI is InChI=1S/C20H24N6O10S2/c1-7(2)34-20(31)36-8(3)35-17(29)13-9(4-33-19(22)30)5-37-16-12(15(28)26(13)16)24-14(27)11(25-32)10-6-38-18(21)23-10/h6-8,12,16,32H,4-5H2,1-3H3,(H2,21,23)(H2,22,30)(H,24,27)/b25-11-/t8?,12?,16-/m0/s1. The summed E-state index contributed by atoms with van der Waals surface area (Å²) in [5, 5.41) is 15.5. The predicted molar refractivity (Wildman–Crippen MR) is 131 cm³/mol. The molecule has 1 aromatic heterocycles. The van der Waals surface area contributed by atoms with E-state index in [4.69, 9.17) is 30.4 Å². The largest absolute Gasteiger partial charge is 0.511 e. The van der Waals surface area contributed by atoms with Gasteiger partial charge in [-0.2, -0.15) is 0 Å². The number of thioether (sulfide) groups is 1. The van der Waals surface area contributed by atoms with Gasteiger partial charge in [0.05, 0.1) is 6.10 Å². The number of hydrogen-bond donors (Lipinski definition) is 4. The SMILES string of the molecule is CC(C)OC(=O)OC(C)OC(=O)C1=C(COC(N)=O)CS[C@H]2C(NC(=O)/C(=N\O)c3csc(N)n3)C(=O)N12. The van der Waals surface area contributed by atoms with E-state index in [-0.39, 0.29) is 27.8 Å². The molecule has 3 heterocycles. The summed E-state index contributed by atoms with van der Waals surface area (Å²) in [6.45, 7) is 4.04. The number of anilines is 1. The maximum atomic E-state index is 13.0. The number of fused-ring (bicyclic) bond motifs is 1. The Kier molecular flexibility index (Phi) is 9.00. The van der Waals surface area contributed by atoms with Crippen LogP contribution in [0, 0.1) is 0 Å². The van der Waals surface area contributed by atoms with E-state index in [2.05, 4.69) is 15.5 Å². The molecule has 1 fully saturated rings. The Balaban J connectivity index is 1.76. The van der Waals surface area contributed by atoms with E-state index in [0.717, 1.165) is 28.0 Å². The lowest BCUT2D eigenvalue weighted by atomic mass is 10.0. The number of carbonyl (C=O) groups is 5. The molecule has 0 saturated carbocycles. The normalized spacial score (nSPS) is 19.7. The summed E-state index contributed by atoms with van der Waals surface area (Å²) >= 11 is 2.17. The molecule has 3 rings (SSSR count). The molecule has 206 valence electrons. The number of primary amides is 1. The molecule has 0 aromatic carbocycles. The first kappa shape index (κ1) is 28.5. The zero-order valence-corrected chi connectivity index (χ0v) is 21.9. The maximum absolute atomic E-state index is 13.0. The summed E-state index contributed by atoms with van der Waals surface area (Å²) in [5.41, 5.74) is 10.1. The summed E-state index contributed by atoms with van der Waals surface area (Å²) in [4.78, 5) is 66.5. The molecule has 38 heavy (non-hydrogen) atoms. The van der Waals surface area contributed by atoms with Crippen LogP contribution in [-0.4, -0.2) is 87.0 Å². The maximum Gasteiger partial charge on any atom is 0.511 e. The van der Waals surface area contributed by atoms with E-state index in [1.807, 2.05) is 0 Å². The molecular weight excluding hydrogens is 548 g/mol. The predicted octanol–water partition coefficient (Wildman–Crippen LogP) is 0.104. The monoisotopic (exact) mass is 572 g/mol. The number of amides is 3. The Hall–Kier alpha value is -4.06. The molecule has 2 aliphatic rings. The van der Waals surface area contributed by atoms with Crippen molar-refractivity contribution in [3.05, 3.63) is 22.3 Å². The number of carbonyl (C=O) groups excluding carboxylic acids is 5. The molecule has 1 aromatic rings. The Morgan fingerprint density at radius 2 is 1.97 bits per heavy atom. The quantitative estimate of drug-likeness (QED) is 0.0585. The van der Waals surface area contributed by atoms with Crippen molar-refractivity contribution in [1.82, 2.24) is 15.2 Å². The molecule has 0 aliphatic carbocycles. The van der Waals surface area contributed by atoms with E-state index >= 15 is 0 Å². The van der Waals surface area contributed by atoms with Crippen molar-refractivity contribution in [2.45, 2.75) is 44.6 Å². The van der Waals surface area contributed by atoms with Crippen LogP contribution in [0.1, 0.15) is 26.5 Å². The van der Waals surface area contributed by atoms with Crippen molar-refractivity contribution < 1.29 is 48.1 Å². The van der Waals surface area contributed by atoms with Crippen molar-refractivity contribution in [3.63, 3.8) is 0 Å². The lowest BCUT2D eigenvalue weighted by molar-refractivity contribution is -0.169. The van der Waals surface area contributed by atoms with Gasteiger partial charge < -0.3 is 40.9 Å². The van der Waals surface area contributed by atoms with Gasteiger partial charge in [0.1, 0.15) is 29.4 Å². The first-order chi connectivity index (χ1) is 17.9. The number of nitrogens with zero attached hydrogens (tertiary/aromatic N) is 3. The van der Waals surface area contributed by atoms with Crippen LogP contribution >= 0.6 is 23.1 Å². The molecule has 6 N–H and O–H groups in total. The van der Waals surface area contributed by atoms with Gasteiger partial charge in [-0.25, -0.2) is 19.4 Å². The summed E-state index contributed by atoms with van der Waals surface area (Å²) < 4.78 is 19.7. The van der Waals surface area contributed by atoms with E-state index in [0.29, 0.717) is 0 Å². The molecule has 16 nitrogen and oxygen atoms in total. The second-order valence-corrected chi connectivity index (χ2v) is 9.94. The van der Waals surface area contributed by atoms with Crippen LogP contribution in [0.25, 0.3) is 0 Å². The van der Waals surface area contributed by atoms with Gasteiger partial charge in [0, 0.05) is 23.6 Å². The average Bonchev–Trinajstić information content (AvgIpc) is 3.25. The highest BCUT2D eigenvalue weighted by molar-refractivity contribution is 8.00. The van der Waals surface area contributed by atoms with Crippen LogP contribution in [0.15, 0.2) is 21.8 Å². The van der Waals surface area contributed by atoms with Gasteiger partial charge in [-0.1, -0.05) is 5.16 Å². The van der Waals surface area contributed by atoms with Crippen LogP contribution in [-0.2, 0) is 33.3 Å². The number of thiazole rings is 1. The summed E-state index contributed by atoms with van der Waals surface area (Å²) in [5.74, 6) is -2.58. The fraction of sp³-hybridized carbons (Fsp3) is 0.450. The van der Waals surface area contributed by atoms with Gasteiger partial charge in [-0.3, -0.25) is 14.5 Å². The number of esters is 1. The Bertz CT molecular complexity index is 1200. The first-order valence-corrected chi connectivity index (χ1v) is 12.8. The number of β-lactam (4-membered cyclic amide) rings is 1. The first-order valence-electron chi connectivity index (χ1n) is 10.8. The highest BCUT2D eigenvalue weighted by Gasteiger charge is 2.55. The molecule has 0 spiro atoms. The third kappa shape index (κ3) is 6.43. The highest BCUT2D eigenvalue weighted by Crippen LogP contribution is 2.41. The van der Waals surface area contributed by atoms with Crippen LogP contribution in [0.2, 0.25) is 0 Å². The highest BCUT2D eigenvalue weighted by atomic mass is 32.2. The number of hydrogen-bond acceptors (Lipinski definition) is 15. The minimum Gasteiger partial charge on any atom is -0.445 e. The van der Waals surface area contributed by atoms with Crippen molar-refractivity contribution >= 4 is 64.0 Å². The number of oxime groups is 1. The lowest BCUT2D eigenvalue weighted by Crippen LogP contribution is -2.71. The van der Waals surface area contributed by atoms with E-state index in [1.54, 1.807) is 13.8 Å². The molecular formula is C20H24N6O10S2. The Labute approximate surface area is 223 Å². The Morgan fingerprint density at radius 1 is 1.26 bits per heavy atom. The minimum absolute atomic E-state index is 0.00690. The van der Waals surface area contributed by atoms with Crippen LogP contribution < -0.4 is 16.8 Å². The average molecular weight is 573 g/mol. The van der Waals surface area contributed by atoms with E-state index in [9.17, 15) is 29.2 Å². The van der Waals surface area contributed by atoms with Crippen LogP contribution in [0.3, 0.4) is 0 Å². The third-order valence-corrected chi connectivity index (χ3v) is 6.88. The fourth-order valence-electron chi connectivity index (χ4n) is 3.35. The van der Waals surface area contributed by atoms with Gasteiger partial charge in [-0.05, 0) is 13.8 Å².